The first-order valence-corrected chi connectivity index (χ1v) is 9.95. The molecule has 0 bridgehead atoms. The Bertz CT molecular complexity index is 868. The predicted octanol–water partition coefficient (Wildman–Crippen LogP) is 2.40. The summed E-state index contributed by atoms with van der Waals surface area (Å²) in [5.74, 6) is -1.75. The largest absolute Gasteiger partial charge is 0.324 e. The van der Waals surface area contributed by atoms with Crippen molar-refractivity contribution in [2.45, 2.75) is 31.8 Å². The number of nitrogens with one attached hydrogen (secondary N) is 2. The van der Waals surface area contributed by atoms with Crippen LogP contribution in [0.1, 0.15) is 25.8 Å². The minimum absolute atomic E-state index is 0.169. The molecule has 1 aromatic rings. The highest BCUT2D eigenvalue weighted by atomic mass is 79.9. The van der Waals surface area contributed by atoms with Crippen molar-refractivity contribution in [3.63, 3.8) is 0 Å². The third kappa shape index (κ3) is 2.44. The van der Waals surface area contributed by atoms with Crippen LogP contribution < -0.4 is 10.6 Å². The molecule has 2 saturated heterocycles. The molecule has 7 heteroatoms. The van der Waals surface area contributed by atoms with Crippen molar-refractivity contribution in [2.24, 2.45) is 17.8 Å². The first-order valence-electron chi connectivity index (χ1n) is 9.16. The maximum absolute atomic E-state index is 13.2. The van der Waals surface area contributed by atoms with E-state index < -0.39 is 17.4 Å². The summed E-state index contributed by atoms with van der Waals surface area (Å²) in [6, 6.07) is 5.29. The number of carbonyl (C=O) groups excluding carboxylic acids is 3. The van der Waals surface area contributed by atoms with Crippen LogP contribution in [-0.4, -0.2) is 35.2 Å². The molecule has 3 aliphatic rings. The Hall–Kier alpha value is -1.99. The molecule has 3 aliphatic heterocycles. The van der Waals surface area contributed by atoms with Crippen LogP contribution in [0.3, 0.4) is 0 Å². The maximum Gasteiger partial charge on any atom is 0.250 e. The Kier molecular flexibility index (Phi) is 4.27. The number of amides is 3. The van der Waals surface area contributed by atoms with Crippen LogP contribution in [-0.2, 0) is 19.9 Å². The summed E-state index contributed by atoms with van der Waals surface area (Å²) in [6.45, 7) is 7.97. The Balaban J connectivity index is 1.89. The second kappa shape index (κ2) is 6.27. The number of fused-ring (bicyclic) bond motifs is 4. The average molecular weight is 432 g/mol. The maximum atomic E-state index is 13.2. The van der Waals surface area contributed by atoms with Gasteiger partial charge in [-0.05, 0) is 30.5 Å². The minimum Gasteiger partial charge on any atom is -0.324 e. The van der Waals surface area contributed by atoms with Gasteiger partial charge in [0.25, 0.3) is 0 Å². The Morgan fingerprint density at radius 3 is 2.70 bits per heavy atom. The van der Waals surface area contributed by atoms with Gasteiger partial charge in [-0.1, -0.05) is 35.9 Å². The Morgan fingerprint density at radius 1 is 1.30 bits per heavy atom. The van der Waals surface area contributed by atoms with E-state index in [0.29, 0.717) is 18.0 Å². The molecule has 0 aliphatic carbocycles. The lowest BCUT2D eigenvalue weighted by atomic mass is 9.76. The lowest BCUT2D eigenvalue weighted by Gasteiger charge is -2.29. The molecular formula is C20H22BrN3O3. The van der Waals surface area contributed by atoms with Crippen LogP contribution in [0.15, 0.2) is 35.3 Å². The zero-order chi connectivity index (χ0) is 19.5. The van der Waals surface area contributed by atoms with E-state index in [4.69, 9.17) is 0 Å². The number of carbonyl (C=O) groups is 3. The Labute approximate surface area is 166 Å². The van der Waals surface area contributed by atoms with E-state index in [9.17, 15) is 14.4 Å². The molecule has 142 valence electrons. The van der Waals surface area contributed by atoms with E-state index >= 15 is 0 Å². The van der Waals surface area contributed by atoms with Gasteiger partial charge in [0.2, 0.25) is 17.7 Å². The topological polar surface area (TPSA) is 78.5 Å². The summed E-state index contributed by atoms with van der Waals surface area (Å²) in [7, 11) is 0. The summed E-state index contributed by atoms with van der Waals surface area (Å²) in [6.07, 6.45) is 2.26. The summed E-state index contributed by atoms with van der Waals surface area (Å²) < 4.78 is 0.822. The molecule has 2 fully saturated rings. The van der Waals surface area contributed by atoms with Crippen LogP contribution >= 0.6 is 15.9 Å². The number of hydrogen-bond acceptors (Lipinski definition) is 4. The van der Waals surface area contributed by atoms with Crippen LogP contribution in [0.5, 0.6) is 0 Å². The molecule has 4 rings (SSSR count). The van der Waals surface area contributed by atoms with Crippen molar-refractivity contribution in [3.05, 3.63) is 40.9 Å². The lowest BCUT2D eigenvalue weighted by molar-refractivity contribution is -0.142. The van der Waals surface area contributed by atoms with Gasteiger partial charge in [-0.2, -0.15) is 0 Å². The summed E-state index contributed by atoms with van der Waals surface area (Å²) in [5, 5.41) is 6.33. The number of likely N-dealkylation sites (tertiary alicyclic amines) is 1. The van der Waals surface area contributed by atoms with Gasteiger partial charge in [-0.25, -0.2) is 0 Å². The third-order valence-electron chi connectivity index (χ3n) is 5.81. The van der Waals surface area contributed by atoms with Crippen molar-refractivity contribution in [1.29, 1.82) is 0 Å². The number of imide groups is 1. The van der Waals surface area contributed by atoms with Gasteiger partial charge in [-0.3, -0.25) is 24.6 Å². The van der Waals surface area contributed by atoms with Gasteiger partial charge < -0.3 is 5.32 Å². The van der Waals surface area contributed by atoms with Crippen LogP contribution in [0, 0.1) is 17.8 Å². The molecule has 0 aromatic heterocycles. The second-order valence-electron chi connectivity index (χ2n) is 7.91. The number of anilines is 1. The molecule has 4 atom stereocenters. The molecule has 1 aromatic carbocycles. The molecular weight excluding hydrogens is 410 g/mol. The van der Waals surface area contributed by atoms with Crippen molar-refractivity contribution in [3.8, 4) is 0 Å². The second-order valence-corrected chi connectivity index (χ2v) is 8.83. The van der Waals surface area contributed by atoms with E-state index in [2.05, 4.69) is 47.0 Å². The fraction of sp³-hybridized carbons (Fsp3) is 0.450. The van der Waals surface area contributed by atoms with Gasteiger partial charge in [0, 0.05) is 28.3 Å². The highest BCUT2D eigenvalue weighted by molar-refractivity contribution is 9.10. The molecule has 0 saturated carbocycles. The summed E-state index contributed by atoms with van der Waals surface area (Å²) >= 11 is 3.46. The lowest BCUT2D eigenvalue weighted by Crippen LogP contribution is -2.53. The third-order valence-corrected chi connectivity index (χ3v) is 6.30. The molecule has 6 nitrogen and oxygen atoms in total. The van der Waals surface area contributed by atoms with Gasteiger partial charge in [0.05, 0.1) is 11.8 Å². The van der Waals surface area contributed by atoms with Crippen molar-refractivity contribution >= 4 is 39.3 Å². The molecule has 27 heavy (non-hydrogen) atoms. The fourth-order valence-electron chi connectivity index (χ4n) is 4.85. The van der Waals surface area contributed by atoms with Crippen molar-refractivity contribution < 1.29 is 14.4 Å². The molecule has 0 radical (unpaired) electrons. The number of benzene rings is 1. The van der Waals surface area contributed by atoms with E-state index in [1.807, 2.05) is 18.2 Å². The zero-order valence-electron chi connectivity index (χ0n) is 15.3. The van der Waals surface area contributed by atoms with E-state index in [1.165, 1.54) is 4.90 Å². The molecule has 0 unspecified atom stereocenters. The van der Waals surface area contributed by atoms with Crippen molar-refractivity contribution in [1.82, 2.24) is 10.2 Å². The standard InChI is InChI=1S/C20H22BrN3O3/c1-4-7-24-17(25)15-14(8-10(2)3)23-20(16(15)18(24)26)12-9-11(21)5-6-13(12)22-19(20)27/h4-6,9-10,14-16,23H,1,7-8H2,2-3H3,(H,22,27)/t14-,15+,16-,20-/m0/s1. The first-order chi connectivity index (χ1) is 12.8. The van der Waals surface area contributed by atoms with Gasteiger partial charge in [0.15, 0.2) is 0 Å². The van der Waals surface area contributed by atoms with Crippen LogP contribution in [0.25, 0.3) is 0 Å². The molecule has 2 N–H and O–H groups in total. The van der Waals surface area contributed by atoms with Gasteiger partial charge in [0.1, 0.15) is 5.54 Å². The van der Waals surface area contributed by atoms with Crippen LogP contribution in [0.4, 0.5) is 5.69 Å². The normalized spacial score (nSPS) is 31.6. The van der Waals surface area contributed by atoms with Gasteiger partial charge in [-0.15, -0.1) is 6.58 Å². The number of halogens is 1. The summed E-state index contributed by atoms with van der Waals surface area (Å²) in [5.41, 5.74) is 0.193. The summed E-state index contributed by atoms with van der Waals surface area (Å²) in [4.78, 5) is 40.7. The van der Waals surface area contributed by atoms with E-state index in [-0.39, 0.29) is 30.3 Å². The highest BCUT2D eigenvalue weighted by Gasteiger charge is 2.70. The zero-order valence-corrected chi connectivity index (χ0v) is 16.9. The van der Waals surface area contributed by atoms with Crippen molar-refractivity contribution in [2.75, 3.05) is 11.9 Å². The van der Waals surface area contributed by atoms with Gasteiger partial charge >= 0.3 is 0 Å². The predicted molar refractivity (Wildman–Crippen MR) is 105 cm³/mol. The number of nitrogens with zero attached hydrogens (tertiary/aromatic N) is 1. The van der Waals surface area contributed by atoms with Crippen LogP contribution in [0.2, 0.25) is 0 Å². The fourth-order valence-corrected chi connectivity index (χ4v) is 5.21. The Morgan fingerprint density at radius 2 is 2.04 bits per heavy atom. The molecule has 3 heterocycles. The van der Waals surface area contributed by atoms with E-state index in [0.717, 1.165) is 10.0 Å². The smallest absolute Gasteiger partial charge is 0.250 e. The quantitative estimate of drug-likeness (QED) is 0.566. The SMILES string of the molecule is C=CCN1C(=O)[C@@H]2[C@H](CC(C)C)N[C@]3(C(=O)Nc4ccc(Br)cc43)[C@@H]2C1=O. The highest BCUT2D eigenvalue weighted by Crippen LogP contribution is 2.54. The van der Waals surface area contributed by atoms with E-state index in [1.54, 1.807) is 6.08 Å². The average Bonchev–Trinajstić information content (AvgIpc) is 3.16. The number of rotatable bonds is 4. The number of hydrogen-bond donors (Lipinski definition) is 2. The molecule has 3 amide bonds. The first kappa shape index (κ1) is 18.4. The monoisotopic (exact) mass is 431 g/mol. The molecule has 1 spiro atoms. The minimum atomic E-state index is -1.22.